The number of nitrogens with one attached hydrogen (secondary N) is 1. The van der Waals surface area contributed by atoms with E-state index in [9.17, 15) is 0 Å². The lowest BCUT2D eigenvalue weighted by atomic mass is 11.5. The van der Waals surface area contributed by atoms with Crippen LogP contribution in [0.25, 0.3) is 0 Å². The van der Waals surface area contributed by atoms with Gasteiger partial charge >= 0.3 is 0 Å². The first-order valence-corrected chi connectivity index (χ1v) is 3.82. The molecule has 0 atom stereocenters. The number of thiocarbonyl (C=S) groups is 1. The third-order valence-corrected chi connectivity index (χ3v) is 2.77. The zero-order valence-corrected chi connectivity index (χ0v) is 5.38. The first-order valence-electron chi connectivity index (χ1n) is 1.44. The standard InChI is InChI=1S/C2H3NS3/c4-2-3-6-1-5-2/h1H2,(H,3,4). The molecule has 1 aliphatic rings. The highest BCUT2D eigenvalue weighted by atomic mass is 32.2. The van der Waals surface area contributed by atoms with Crippen molar-refractivity contribution in [2.24, 2.45) is 0 Å². The van der Waals surface area contributed by atoms with Crippen LogP contribution in [0, 0.1) is 0 Å². The van der Waals surface area contributed by atoms with Crippen molar-refractivity contribution >= 4 is 40.2 Å². The van der Waals surface area contributed by atoms with Crippen molar-refractivity contribution in [3.8, 4) is 0 Å². The van der Waals surface area contributed by atoms with Crippen molar-refractivity contribution in [3.63, 3.8) is 0 Å². The van der Waals surface area contributed by atoms with Crippen LogP contribution < -0.4 is 4.72 Å². The number of hydrogen-bond donors (Lipinski definition) is 1. The van der Waals surface area contributed by atoms with Gasteiger partial charge in [-0.05, 0) is 11.9 Å². The highest BCUT2D eigenvalue weighted by molar-refractivity contribution is 8.33. The molecule has 0 aliphatic carbocycles. The largest absolute Gasteiger partial charge is 0.315 e. The maximum absolute atomic E-state index is 4.75. The highest BCUT2D eigenvalue weighted by Crippen LogP contribution is 2.18. The van der Waals surface area contributed by atoms with Gasteiger partial charge in [0.2, 0.25) is 0 Å². The molecule has 6 heavy (non-hydrogen) atoms. The Morgan fingerprint density at radius 1 is 1.83 bits per heavy atom. The lowest BCUT2D eigenvalue weighted by Gasteiger charge is -1.80. The monoisotopic (exact) mass is 137 g/mol. The van der Waals surface area contributed by atoms with Crippen LogP contribution in [0.1, 0.15) is 0 Å². The van der Waals surface area contributed by atoms with E-state index in [2.05, 4.69) is 4.72 Å². The van der Waals surface area contributed by atoms with Gasteiger partial charge in [0.15, 0.2) is 0 Å². The van der Waals surface area contributed by atoms with E-state index in [0.29, 0.717) is 0 Å². The summed E-state index contributed by atoms with van der Waals surface area (Å²) in [6.45, 7) is 0. The van der Waals surface area contributed by atoms with Crippen LogP contribution >= 0.6 is 35.9 Å². The molecule has 1 heterocycles. The molecule has 0 amide bonds. The zero-order chi connectivity index (χ0) is 4.41. The summed E-state index contributed by atoms with van der Waals surface area (Å²) < 4.78 is 3.85. The SMILES string of the molecule is S=C1NSCS1. The maximum Gasteiger partial charge on any atom is 0.144 e. The lowest BCUT2D eigenvalue weighted by molar-refractivity contribution is 1.66. The number of rotatable bonds is 0. The van der Waals surface area contributed by atoms with Crippen LogP contribution in [0.4, 0.5) is 0 Å². The summed E-state index contributed by atoms with van der Waals surface area (Å²) in [5, 5.41) is 1.07. The lowest BCUT2D eigenvalue weighted by Crippen LogP contribution is -1.98. The Labute approximate surface area is 50.4 Å². The Balaban J connectivity index is 2.37. The van der Waals surface area contributed by atoms with Gasteiger partial charge in [0.25, 0.3) is 0 Å². The summed E-state index contributed by atoms with van der Waals surface area (Å²) in [6.07, 6.45) is 0. The van der Waals surface area contributed by atoms with E-state index in [-0.39, 0.29) is 0 Å². The van der Waals surface area contributed by atoms with Gasteiger partial charge < -0.3 is 4.72 Å². The van der Waals surface area contributed by atoms with E-state index < -0.39 is 0 Å². The molecule has 0 unspecified atom stereocenters. The Bertz CT molecular complexity index is 63.2. The highest BCUT2D eigenvalue weighted by Gasteiger charge is 2.03. The minimum atomic E-state index is 0.917. The molecule has 1 nitrogen and oxygen atoms in total. The van der Waals surface area contributed by atoms with Crippen LogP contribution in [0.5, 0.6) is 0 Å². The molecule has 0 aromatic carbocycles. The molecule has 1 aliphatic heterocycles. The van der Waals surface area contributed by atoms with Gasteiger partial charge in [-0.3, -0.25) is 0 Å². The smallest absolute Gasteiger partial charge is 0.144 e. The third-order valence-electron chi connectivity index (χ3n) is 0.404. The van der Waals surface area contributed by atoms with Gasteiger partial charge in [-0.15, -0.1) is 0 Å². The van der Waals surface area contributed by atoms with Crippen molar-refractivity contribution in [2.45, 2.75) is 0 Å². The quantitative estimate of drug-likeness (QED) is 0.397. The van der Waals surface area contributed by atoms with Crippen molar-refractivity contribution in [2.75, 3.05) is 5.08 Å². The average Bonchev–Trinajstić information content (AvgIpc) is 1.86. The van der Waals surface area contributed by atoms with E-state index in [0.717, 1.165) is 9.41 Å². The predicted octanol–water partition coefficient (Wildman–Crippen LogP) is 1.21. The molecule has 1 saturated heterocycles. The average molecular weight is 137 g/mol. The Kier molecular flexibility index (Phi) is 1.62. The number of hydrogen-bond acceptors (Lipinski definition) is 3. The fourth-order valence-electron chi connectivity index (χ4n) is 0.201. The molecule has 1 N–H and O–H groups in total. The topological polar surface area (TPSA) is 12.0 Å². The molecule has 0 aromatic rings. The normalized spacial score (nSPS) is 21.0. The van der Waals surface area contributed by atoms with Gasteiger partial charge in [0, 0.05) is 0 Å². The van der Waals surface area contributed by atoms with Crippen LogP contribution in [0.15, 0.2) is 0 Å². The Hall–Kier alpha value is 0.590. The number of thioether (sulfide) groups is 1. The van der Waals surface area contributed by atoms with Gasteiger partial charge in [0.1, 0.15) is 4.32 Å². The molecule has 1 rings (SSSR count). The van der Waals surface area contributed by atoms with E-state index >= 15 is 0 Å². The minimum absolute atomic E-state index is 0.917. The molecule has 34 valence electrons. The molecule has 4 heteroatoms. The predicted molar refractivity (Wildman–Crippen MR) is 35.8 cm³/mol. The first-order chi connectivity index (χ1) is 2.89. The summed E-state index contributed by atoms with van der Waals surface area (Å²) >= 11 is 8.08. The fourth-order valence-corrected chi connectivity index (χ4v) is 2.24. The second kappa shape index (κ2) is 2.04. The summed E-state index contributed by atoms with van der Waals surface area (Å²) in [6, 6.07) is 0. The molecule has 0 saturated carbocycles. The van der Waals surface area contributed by atoms with Crippen molar-refractivity contribution in [3.05, 3.63) is 0 Å². The molecule has 0 radical (unpaired) electrons. The second-order valence-corrected chi connectivity index (χ2v) is 3.60. The zero-order valence-electron chi connectivity index (χ0n) is 2.93. The van der Waals surface area contributed by atoms with Crippen LogP contribution in [-0.4, -0.2) is 9.41 Å². The third kappa shape index (κ3) is 1.03. The van der Waals surface area contributed by atoms with Gasteiger partial charge in [-0.25, -0.2) is 0 Å². The van der Waals surface area contributed by atoms with Crippen LogP contribution in [0.3, 0.4) is 0 Å². The van der Waals surface area contributed by atoms with E-state index in [1.54, 1.807) is 23.7 Å². The first kappa shape index (κ1) is 4.74. The molecule has 0 aromatic heterocycles. The molecule has 1 fully saturated rings. The summed E-state index contributed by atoms with van der Waals surface area (Å²) in [5.41, 5.74) is 0. The Morgan fingerprint density at radius 2 is 2.67 bits per heavy atom. The van der Waals surface area contributed by atoms with Gasteiger partial charge in [-0.1, -0.05) is 24.0 Å². The van der Waals surface area contributed by atoms with Crippen molar-refractivity contribution in [1.29, 1.82) is 0 Å². The van der Waals surface area contributed by atoms with Gasteiger partial charge in [0.05, 0.1) is 5.08 Å². The minimum Gasteiger partial charge on any atom is -0.315 e. The Morgan fingerprint density at radius 3 is 2.83 bits per heavy atom. The van der Waals surface area contributed by atoms with Gasteiger partial charge in [-0.2, -0.15) is 0 Å². The van der Waals surface area contributed by atoms with E-state index in [4.69, 9.17) is 12.2 Å². The molecular formula is C2H3NS3. The van der Waals surface area contributed by atoms with Crippen LogP contribution in [-0.2, 0) is 0 Å². The molecule has 0 spiro atoms. The van der Waals surface area contributed by atoms with E-state index in [1.807, 2.05) is 0 Å². The van der Waals surface area contributed by atoms with Crippen molar-refractivity contribution < 1.29 is 0 Å². The molecular weight excluding hydrogens is 134 g/mol. The summed E-state index contributed by atoms with van der Waals surface area (Å²) in [4.78, 5) is 0. The maximum atomic E-state index is 4.75. The second-order valence-electron chi connectivity index (χ2n) is 0.796. The van der Waals surface area contributed by atoms with Crippen LogP contribution in [0.2, 0.25) is 0 Å². The molecule has 0 bridgehead atoms. The summed E-state index contributed by atoms with van der Waals surface area (Å²) in [7, 11) is 0. The van der Waals surface area contributed by atoms with Crippen molar-refractivity contribution in [1.82, 2.24) is 4.72 Å². The fraction of sp³-hybridized carbons (Fsp3) is 0.500. The summed E-state index contributed by atoms with van der Waals surface area (Å²) in [5.74, 6) is 0. The van der Waals surface area contributed by atoms with E-state index in [1.165, 1.54) is 0 Å².